The third-order valence-corrected chi connectivity index (χ3v) is 9.42. The number of anilines is 1. The molecule has 0 bridgehead atoms. The molecular formula is C34H54N6O9S. The quantitative estimate of drug-likeness (QED) is 0.0607. The molecule has 6 N–H and O–H groups in total. The standard InChI is InChI=1S/C34H54N6O9S/c1-3-10-36-32(43)24-19-25(21-26(20-24)38-30(42)22-46-2)33(44)37-12-7-14-48-16-18-49-17-15-47-13-6-11-35-29(41)9-5-4-8-28-31-27(23-50-28)39-34(45)40-31/h19-21,27-28,31H,3-18,22-23H2,1-2H3,(H,35,41)(H,36,43)(H,37,44)(H,38,42)(H2,39,40,45). The number of fused-ring (bicyclic) bond motifs is 1. The van der Waals surface area contributed by atoms with Crippen molar-refractivity contribution in [1.29, 1.82) is 0 Å². The molecule has 6 amide bonds. The van der Waals surface area contributed by atoms with E-state index in [4.69, 9.17) is 18.9 Å². The summed E-state index contributed by atoms with van der Waals surface area (Å²) in [7, 11) is 1.40. The Balaban J connectivity index is 1.13. The van der Waals surface area contributed by atoms with Crippen molar-refractivity contribution in [1.82, 2.24) is 26.6 Å². The number of carbonyl (C=O) groups excluding carboxylic acids is 5. The second-order valence-electron chi connectivity index (χ2n) is 12.1. The lowest BCUT2D eigenvalue weighted by Crippen LogP contribution is -2.36. The molecule has 3 atom stereocenters. The summed E-state index contributed by atoms with van der Waals surface area (Å²) >= 11 is 1.89. The molecule has 2 aliphatic heterocycles. The van der Waals surface area contributed by atoms with Crippen LogP contribution >= 0.6 is 11.8 Å². The summed E-state index contributed by atoms with van der Waals surface area (Å²) in [5.74, 6) is -0.0881. The Morgan fingerprint density at radius 2 is 1.40 bits per heavy atom. The first-order chi connectivity index (χ1) is 24.3. The number of unbranched alkanes of at least 4 members (excludes halogenated alkanes) is 1. The van der Waals surface area contributed by atoms with Gasteiger partial charge in [0.1, 0.15) is 6.61 Å². The normalized spacial score (nSPS) is 17.8. The van der Waals surface area contributed by atoms with Crippen LogP contribution in [0.2, 0.25) is 0 Å². The van der Waals surface area contributed by atoms with Gasteiger partial charge < -0.3 is 50.8 Å². The second-order valence-corrected chi connectivity index (χ2v) is 13.3. The van der Waals surface area contributed by atoms with Crippen molar-refractivity contribution in [2.24, 2.45) is 0 Å². The summed E-state index contributed by atoms with van der Waals surface area (Å²) in [6.45, 7) is 5.91. The van der Waals surface area contributed by atoms with E-state index in [1.54, 1.807) is 0 Å². The van der Waals surface area contributed by atoms with Crippen molar-refractivity contribution < 1.29 is 42.9 Å². The highest BCUT2D eigenvalue weighted by atomic mass is 32.2. The lowest BCUT2D eigenvalue weighted by molar-refractivity contribution is -0.121. The number of thioether (sulfide) groups is 1. The molecule has 2 fully saturated rings. The molecule has 0 spiro atoms. The number of methoxy groups -OCH3 is 1. The van der Waals surface area contributed by atoms with Gasteiger partial charge in [0.2, 0.25) is 11.8 Å². The third kappa shape index (κ3) is 15.6. The summed E-state index contributed by atoms with van der Waals surface area (Å²) in [6, 6.07) is 4.91. The molecule has 0 aromatic heterocycles. The van der Waals surface area contributed by atoms with Gasteiger partial charge in [-0.25, -0.2) is 4.79 Å². The average molecular weight is 723 g/mol. The number of hydrogen-bond donors (Lipinski definition) is 6. The number of amides is 6. The smallest absolute Gasteiger partial charge is 0.315 e. The monoisotopic (exact) mass is 722 g/mol. The highest BCUT2D eigenvalue weighted by molar-refractivity contribution is 8.00. The lowest BCUT2D eigenvalue weighted by Gasteiger charge is -2.16. The zero-order valence-electron chi connectivity index (χ0n) is 29.3. The van der Waals surface area contributed by atoms with Gasteiger partial charge in [0.15, 0.2) is 0 Å². The lowest BCUT2D eigenvalue weighted by atomic mass is 10.0. The fourth-order valence-electron chi connectivity index (χ4n) is 5.42. The van der Waals surface area contributed by atoms with E-state index in [1.807, 2.05) is 18.7 Å². The number of ether oxygens (including phenoxy) is 4. The van der Waals surface area contributed by atoms with E-state index in [1.165, 1.54) is 25.3 Å². The number of hydrogen-bond acceptors (Lipinski definition) is 10. The van der Waals surface area contributed by atoms with Crippen LogP contribution in [-0.4, -0.2) is 126 Å². The Morgan fingerprint density at radius 1 is 0.780 bits per heavy atom. The first kappa shape index (κ1) is 41.0. The largest absolute Gasteiger partial charge is 0.379 e. The van der Waals surface area contributed by atoms with Crippen LogP contribution in [0.4, 0.5) is 10.5 Å². The highest BCUT2D eigenvalue weighted by Gasteiger charge is 2.42. The summed E-state index contributed by atoms with van der Waals surface area (Å²) in [5.41, 5.74) is 0.851. The molecule has 2 saturated heterocycles. The molecule has 0 radical (unpaired) electrons. The second kappa shape index (κ2) is 23.9. The van der Waals surface area contributed by atoms with Gasteiger partial charge >= 0.3 is 6.03 Å². The number of rotatable bonds is 26. The predicted molar refractivity (Wildman–Crippen MR) is 191 cm³/mol. The molecule has 1 aromatic rings. The van der Waals surface area contributed by atoms with Crippen molar-refractivity contribution in [3.05, 3.63) is 29.3 Å². The number of benzene rings is 1. The topological polar surface area (TPSA) is 194 Å². The summed E-state index contributed by atoms with van der Waals surface area (Å²) in [6.07, 6.45) is 5.40. The Kier molecular flexibility index (Phi) is 19.6. The highest BCUT2D eigenvalue weighted by Crippen LogP contribution is 2.33. The van der Waals surface area contributed by atoms with Gasteiger partial charge in [-0.05, 0) is 50.3 Å². The Bertz CT molecular complexity index is 1240. The zero-order chi connectivity index (χ0) is 36.0. The summed E-state index contributed by atoms with van der Waals surface area (Å²) < 4.78 is 21.5. The van der Waals surface area contributed by atoms with E-state index in [0.29, 0.717) is 83.1 Å². The fraction of sp³-hybridized carbons (Fsp3) is 0.676. The minimum absolute atomic E-state index is 0.0567. The maximum atomic E-state index is 12.8. The number of nitrogens with one attached hydrogen (secondary N) is 6. The molecule has 2 aliphatic rings. The maximum Gasteiger partial charge on any atom is 0.315 e. The van der Waals surface area contributed by atoms with Gasteiger partial charge in [0, 0.05) is 74.2 Å². The zero-order valence-corrected chi connectivity index (χ0v) is 30.1. The van der Waals surface area contributed by atoms with Crippen LogP contribution in [0.3, 0.4) is 0 Å². The van der Waals surface area contributed by atoms with E-state index < -0.39 is 5.91 Å². The van der Waals surface area contributed by atoms with E-state index in [2.05, 4.69) is 31.9 Å². The molecule has 15 nitrogen and oxygen atoms in total. The number of carbonyl (C=O) groups is 5. The fourth-order valence-corrected chi connectivity index (χ4v) is 6.96. The third-order valence-electron chi connectivity index (χ3n) is 7.92. The molecule has 280 valence electrons. The first-order valence-electron chi connectivity index (χ1n) is 17.5. The molecule has 0 aliphatic carbocycles. The molecule has 1 aromatic carbocycles. The van der Waals surface area contributed by atoms with Crippen molar-refractivity contribution in [2.75, 3.05) is 84.1 Å². The van der Waals surface area contributed by atoms with Crippen molar-refractivity contribution >= 4 is 47.1 Å². The van der Waals surface area contributed by atoms with E-state index in [0.717, 1.165) is 37.9 Å². The first-order valence-corrected chi connectivity index (χ1v) is 18.5. The van der Waals surface area contributed by atoms with Crippen LogP contribution in [0.25, 0.3) is 0 Å². The SMILES string of the molecule is CCCNC(=O)c1cc(NC(=O)COC)cc(C(=O)NCCCOCCOCCOCCCNC(=O)CCCCC2SCC3NC(=O)NC32)c1. The predicted octanol–water partition coefficient (Wildman–Crippen LogP) is 1.81. The molecule has 2 heterocycles. The van der Waals surface area contributed by atoms with E-state index in [9.17, 15) is 24.0 Å². The molecule has 3 rings (SSSR count). The van der Waals surface area contributed by atoms with Crippen molar-refractivity contribution in [2.45, 2.75) is 69.2 Å². The van der Waals surface area contributed by atoms with Gasteiger partial charge in [-0.3, -0.25) is 19.2 Å². The van der Waals surface area contributed by atoms with Crippen LogP contribution < -0.4 is 31.9 Å². The van der Waals surface area contributed by atoms with Gasteiger partial charge in [-0.1, -0.05) is 13.3 Å². The summed E-state index contributed by atoms with van der Waals surface area (Å²) in [4.78, 5) is 60.8. The van der Waals surface area contributed by atoms with E-state index in [-0.39, 0.29) is 53.6 Å². The minimum atomic E-state index is -0.396. The van der Waals surface area contributed by atoms with Crippen LogP contribution in [0, 0.1) is 0 Å². The van der Waals surface area contributed by atoms with Gasteiger partial charge in [0.05, 0.1) is 38.5 Å². The van der Waals surface area contributed by atoms with Crippen LogP contribution in [0.15, 0.2) is 18.2 Å². The van der Waals surface area contributed by atoms with Crippen molar-refractivity contribution in [3.63, 3.8) is 0 Å². The van der Waals surface area contributed by atoms with E-state index >= 15 is 0 Å². The van der Waals surface area contributed by atoms with Gasteiger partial charge in [0.25, 0.3) is 11.8 Å². The van der Waals surface area contributed by atoms with Crippen LogP contribution in [0.5, 0.6) is 0 Å². The maximum absolute atomic E-state index is 12.8. The molecule has 0 saturated carbocycles. The Morgan fingerprint density at radius 3 is 2.04 bits per heavy atom. The van der Waals surface area contributed by atoms with Crippen LogP contribution in [-0.2, 0) is 28.5 Å². The molecular weight excluding hydrogens is 668 g/mol. The van der Waals surface area contributed by atoms with Crippen molar-refractivity contribution in [3.8, 4) is 0 Å². The van der Waals surface area contributed by atoms with Gasteiger partial charge in [-0.15, -0.1) is 0 Å². The Labute approximate surface area is 298 Å². The Hall–Kier alpha value is -3.44. The minimum Gasteiger partial charge on any atom is -0.379 e. The number of urea groups is 1. The summed E-state index contributed by atoms with van der Waals surface area (Å²) in [5, 5.41) is 17.6. The molecule has 50 heavy (non-hydrogen) atoms. The van der Waals surface area contributed by atoms with Crippen LogP contribution in [0.1, 0.15) is 72.6 Å². The molecule has 16 heteroatoms. The average Bonchev–Trinajstić information content (AvgIpc) is 3.66. The molecule has 3 unspecified atom stereocenters. The van der Waals surface area contributed by atoms with Gasteiger partial charge in [-0.2, -0.15) is 11.8 Å².